The van der Waals surface area contributed by atoms with Gasteiger partial charge in [-0.2, -0.15) is 5.11 Å². The van der Waals surface area contributed by atoms with Crippen molar-refractivity contribution < 1.29 is 14.8 Å². The highest BCUT2D eigenvalue weighted by Crippen LogP contribution is 2.20. The first-order valence-corrected chi connectivity index (χ1v) is 7.47. The minimum absolute atomic E-state index is 0.00131. The van der Waals surface area contributed by atoms with E-state index in [1.54, 1.807) is 0 Å². The Hall–Kier alpha value is -1.61. The van der Waals surface area contributed by atoms with E-state index < -0.39 is 10.7 Å². The second-order valence-electron chi connectivity index (χ2n) is 3.46. The van der Waals surface area contributed by atoms with Crippen molar-refractivity contribution in [2.75, 3.05) is 10.7 Å². The molecule has 0 aromatic heterocycles. The Kier molecular flexibility index (Phi) is 6.46. The molecule has 20 heavy (non-hydrogen) atoms. The van der Waals surface area contributed by atoms with Crippen LogP contribution in [-0.2, 0) is 4.79 Å². The largest absolute Gasteiger partial charge is 0.509 e. The number of hydrogen-bond acceptors (Lipinski definition) is 6. The van der Waals surface area contributed by atoms with Crippen molar-refractivity contribution in [3.05, 3.63) is 45.8 Å². The van der Waals surface area contributed by atoms with E-state index in [1.165, 1.54) is 24.3 Å². The molecule has 0 aliphatic rings. The molecule has 0 amide bonds. The molecule has 0 radical (unpaired) electrons. The maximum atomic E-state index is 11.5. The third-order valence-electron chi connectivity index (χ3n) is 2.11. The van der Waals surface area contributed by atoms with E-state index in [-0.39, 0.29) is 27.8 Å². The number of azo groups is 1. The second kappa shape index (κ2) is 7.85. The number of nitrogens with zero attached hydrogens (tertiary/aromatic N) is 3. The van der Waals surface area contributed by atoms with E-state index in [2.05, 4.69) is 42.1 Å². The van der Waals surface area contributed by atoms with Crippen LogP contribution in [0.5, 0.6) is 0 Å². The zero-order chi connectivity index (χ0) is 15.1. The van der Waals surface area contributed by atoms with Gasteiger partial charge in [0.2, 0.25) is 0 Å². The van der Waals surface area contributed by atoms with Crippen LogP contribution < -0.4 is 0 Å². The lowest BCUT2D eigenvalue weighted by atomic mass is 10.3. The number of allylic oxidation sites excluding steroid dienone is 2. The van der Waals surface area contributed by atoms with Crippen molar-refractivity contribution in [1.29, 1.82) is 0 Å². The Bertz CT molecular complexity index is 570. The smallest absolute Gasteiger partial charge is 0.269 e. The number of halogens is 2. The molecular weight excluding hydrogens is 398 g/mol. The van der Waals surface area contributed by atoms with Crippen molar-refractivity contribution in [3.8, 4) is 0 Å². The van der Waals surface area contributed by atoms with Crippen molar-refractivity contribution in [3.63, 3.8) is 0 Å². The zero-order valence-corrected chi connectivity index (χ0v) is 13.2. The van der Waals surface area contributed by atoms with Gasteiger partial charge >= 0.3 is 0 Å². The van der Waals surface area contributed by atoms with E-state index in [4.69, 9.17) is 0 Å². The highest BCUT2D eigenvalue weighted by atomic mass is 79.9. The maximum Gasteiger partial charge on any atom is 0.269 e. The van der Waals surface area contributed by atoms with Crippen LogP contribution in [0.25, 0.3) is 0 Å². The van der Waals surface area contributed by atoms with Crippen LogP contribution >= 0.6 is 31.9 Å². The van der Waals surface area contributed by atoms with Crippen LogP contribution in [-0.4, -0.2) is 26.5 Å². The van der Waals surface area contributed by atoms with Gasteiger partial charge in [0.1, 0.15) is 5.76 Å². The number of benzene rings is 1. The van der Waals surface area contributed by atoms with Crippen molar-refractivity contribution in [2.24, 2.45) is 10.2 Å². The highest BCUT2D eigenvalue weighted by Gasteiger charge is 2.13. The number of nitro groups is 1. The predicted molar refractivity (Wildman–Crippen MR) is 79.9 cm³/mol. The van der Waals surface area contributed by atoms with Crippen LogP contribution in [0.2, 0.25) is 0 Å². The number of alkyl halides is 2. The molecule has 0 fully saturated rings. The monoisotopic (exact) mass is 405 g/mol. The molecule has 0 spiro atoms. The lowest BCUT2D eigenvalue weighted by Crippen LogP contribution is -2.05. The first-order chi connectivity index (χ1) is 9.49. The fourth-order valence-corrected chi connectivity index (χ4v) is 1.68. The lowest BCUT2D eigenvalue weighted by molar-refractivity contribution is -0.384. The highest BCUT2D eigenvalue weighted by molar-refractivity contribution is 9.09. The van der Waals surface area contributed by atoms with Gasteiger partial charge in [-0.1, -0.05) is 31.9 Å². The molecule has 0 saturated heterocycles. The Balaban J connectivity index is 2.99. The number of Topliss-reactive ketones (excluding diaryl/α,β-unsaturated/α-hetero) is 1. The first-order valence-electron chi connectivity index (χ1n) is 5.23. The summed E-state index contributed by atoms with van der Waals surface area (Å²) in [6.45, 7) is 0. The topological polar surface area (TPSA) is 105 Å². The van der Waals surface area contributed by atoms with Crippen molar-refractivity contribution in [1.82, 2.24) is 0 Å². The molecule has 0 aliphatic heterocycles. The maximum absolute atomic E-state index is 11.5. The predicted octanol–water partition coefficient (Wildman–Crippen LogP) is 3.81. The van der Waals surface area contributed by atoms with E-state index in [1.807, 2.05) is 0 Å². The molecule has 1 rings (SSSR count). The number of aliphatic hydroxyl groups is 1. The molecule has 106 valence electrons. The average Bonchev–Trinajstić information content (AvgIpc) is 2.47. The van der Waals surface area contributed by atoms with Gasteiger partial charge in [0.05, 0.1) is 21.3 Å². The number of nitro benzene ring substituents is 1. The fraction of sp³-hybridized carbons (Fsp3) is 0.182. The van der Waals surface area contributed by atoms with Gasteiger partial charge in [-0.3, -0.25) is 14.9 Å². The summed E-state index contributed by atoms with van der Waals surface area (Å²) in [6, 6.07) is 5.33. The van der Waals surface area contributed by atoms with Gasteiger partial charge in [0.15, 0.2) is 11.5 Å². The molecule has 1 aromatic rings. The van der Waals surface area contributed by atoms with Crippen molar-refractivity contribution in [2.45, 2.75) is 0 Å². The first kappa shape index (κ1) is 16.4. The lowest BCUT2D eigenvalue weighted by Gasteiger charge is -2.00. The summed E-state index contributed by atoms with van der Waals surface area (Å²) in [4.78, 5) is 21.5. The summed E-state index contributed by atoms with van der Waals surface area (Å²) in [5, 5.41) is 27.6. The molecule has 0 bridgehead atoms. The van der Waals surface area contributed by atoms with Crippen LogP contribution in [0.4, 0.5) is 11.4 Å². The molecule has 9 heteroatoms. The van der Waals surface area contributed by atoms with Gasteiger partial charge in [-0.05, 0) is 12.1 Å². The summed E-state index contributed by atoms with van der Waals surface area (Å²) in [5.74, 6) is -0.660. The Morgan fingerprint density at radius 2 is 1.85 bits per heavy atom. The van der Waals surface area contributed by atoms with Crippen LogP contribution in [0, 0.1) is 10.1 Å². The summed E-state index contributed by atoms with van der Waals surface area (Å²) in [5.41, 5.74) is 0.0921. The molecule has 1 aromatic carbocycles. The molecule has 0 saturated carbocycles. The normalized spacial score (nSPS) is 12.3. The van der Waals surface area contributed by atoms with Crippen LogP contribution in [0.1, 0.15) is 0 Å². The van der Waals surface area contributed by atoms with Gasteiger partial charge in [-0.15, -0.1) is 5.11 Å². The molecule has 1 N–H and O–H groups in total. The standard InChI is InChI=1S/C11H9Br2N3O4/c12-5-9(17)11(10(18)6-13)15-14-7-1-3-8(4-2-7)16(19)20/h1-4,17H,5-6H2. The quantitative estimate of drug-likeness (QED) is 0.193. The molecule has 0 unspecified atom stereocenters. The molecular formula is C11H9Br2N3O4. The molecule has 0 aliphatic carbocycles. The molecule has 7 nitrogen and oxygen atoms in total. The Morgan fingerprint density at radius 1 is 1.25 bits per heavy atom. The van der Waals surface area contributed by atoms with Crippen molar-refractivity contribution >= 4 is 49.0 Å². The number of hydrogen-bond donors (Lipinski definition) is 1. The number of aliphatic hydroxyl groups excluding tert-OH is 1. The minimum atomic E-state index is -0.530. The molecule has 0 heterocycles. The molecule has 0 atom stereocenters. The zero-order valence-electron chi connectivity index (χ0n) is 9.99. The van der Waals surface area contributed by atoms with Gasteiger partial charge in [0, 0.05) is 12.1 Å². The number of non-ortho nitro benzene ring substituents is 1. The SMILES string of the molecule is O=C(CBr)C(N=Nc1ccc([N+](=O)[O-])cc1)=C(O)CBr. The van der Waals surface area contributed by atoms with Crippen LogP contribution in [0.3, 0.4) is 0 Å². The van der Waals surface area contributed by atoms with E-state index in [0.717, 1.165) is 0 Å². The van der Waals surface area contributed by atoms with Gasteiger partial charge < -0.3 is 5.11 Å². The second-order valence-corrected chi connectivity index (χ2v) is 4.58. The Morgan fingerprint density at radius 3 is 2.30 bits per heavy atom. The third-order valence-corrected chi connectivity index (χ3v) is 3.15. The minimum Gasteiger partial charge on any atom is -0.509 e. The summed E-state index contributed by atoms with van der Waals surface area (Å²) < 4.78 is 0. The number of rotatable bonds is 6. The summed E-state index contributed by atoms with van der Waals surface area (Å²) in [6.07, 6.45) is 0. The summed E-state index contributed by atoms with van der Waals surface area (Å²) in [7, 11) is 0. The summed E-state index contributed by atoms with van der Waals surface area (Å²) >= 11 is 5.99. The number of carbonyl (C=O) groups is 1. The van der Waals surface area contributed by atoms with Gasteiger partial charge in [0.25, 0.3) is 5.69 Å². The number of ketones is 1. The Labute approximate surface area is 130 Å². The fourth-order valence-electron chi connectivity index (χ4n) is 1.15. The number of carbonyl (C=O) groups excluding carboxylic acids is 1. The van der Waals surface area contributed by atoms with E-state index in [9.17, 15) is 20.0 Å². The van der Waals surface area contributed by atoms with Crippen LogP contribution in [0.15, 0.2) is 46.0 Å². The van der Waals surface area contributed by atoms with E-state index >= 15 is 0 Å². The third kappa shape index (κ3) is 4.49. The van der Waals surface area contributed by atoms with E-state index in [0.29, 0.717) is 5.69 Å². The van der Waals surface area contributed by atoms with Gasteiger partial charge in [-0.25, -0.2) is 0 Å². The average molecular weight is 407 g/mol.